The molecule has 0 amide bonds. The number of aromatic nitrogens is 3. The molecule has 0 spiro atoms. The molecule has 0 radical (unpaired) electrons. The summed E-state index contributed by atoms with van der Waals surface area (Å²) in [6.45, 7) is 0.177. The van der Waals surface area contributed by atoms with Gasteiger partial charge in [0.05, 0.1) is 12.7 Å². The molecule has 0 aliphatic rings. The van der Waals surface area contributed by atoms with Crippen LogP contribution in [0.4, 0.5) is 0 Å². The Labute approximate surface area is 109 Å². The first-order valence-electron chi connectivity index (χ1n) is 5.49. The highest BCUT2D eigenvalue weighted by Gasteiger charge is 2.11. The number of rotatable bonds is 5. The van der Waals surface area contributed by atoms with Gasteiger partial charge < -0.3 is 14.6 Å². The van der Waals surface area contributed by atoms with Gasteiger partial charge in [-0.3, -0.25) is 4.68 Å². The summed E-state index contributed by atoms with van der Waals surface area (Å²) in [6.07, 6.45) is 1.42. The molecule has 1 heterocycles. The van der Waals surface area contributed by atoms with Crippen molar-refractivity contribution in [2.75, 3.05) is 7.11 Å². The minimum atomic E-state index is -1.02. The molecular weight excluding hydrogens is 250 g/mol. The van der Waals surface area contributed by atoms with E-state index < -0.39 is 5.97 Å². The fraction of sp³-hybridized carbons (Fsp3) is 0.250. The fourth-order valence-electron chi connectivity index (χ4n) is 1.52. The van der Waals surface area contributed by atoms with Gasteiger partial charge in [0.2, 0.25) is 0 Å². The number of carbonyl (C=O) groups is 1. The molecule has 2 rings (SSSR count). The first-order valence-corrected chi connectivity index (χ1v) is 5.49. The van der Waals surface area contributed by atoms with Gasteiger partial charge in [-0.25, -0.2) is 9.78 Å². The molecule has 0 atom stereocenters. The van der Waals surface area contributed by atoms with E-state index >= 15 is 0 Å². The second kappa shape index (κ2) is 5.38. The largest absolute Gasteiger partial charge is 0.493 e. The van der Waals surface area contributed by atoms with Gasteiger partial charge in [0.15, 0.2) is 17.3 Å². The van der Waals surface area contributed by atoms with Crippen LogP contribution >= 0.6 is 0 Å². The third-order valence-corrected chi connectivity index (χ3v) is 2.57. The summed E-state index contributed by atoms with van der Waals surface area (Å²) in [5.74, 6) is 0.423. The van der Waals surface area contributed by atoms with Crippen LogP contribution in [0.25, 0.3) is 0 Å². The topological polar surface area (TPSA) is 86.5 Å². The van der Waals surface area contributed by atoms with Crippen molar-refractivity contribution in [3.63, 3.8) is 0 Å². The zero-order chi connectivity index (χ0) is 13.8. The molecule has 0 fully saturated rings. The predicted octanol–water partition coefficient (Wildman–Crippen LogP) is 1.10. The molecule has 0 bridgehead atoms. The quantitative estimate of drug-likeness (QED) is 0.869. The molecule has 0 aliphatic carbocycles. The average Bonchev–Trinajstić information content (AvgIpc) is 2.81. The van der Waals surface area contributed by atoms with Crippen molar-refractivity contribution < 1.29 is 19.4 Å². The molecule has 100 valence electrons. The van der Waals surface area contributed by atoms with Crippen LogP contribution in [0.15, 0.2) is 24.5 Å². The lowest BCUT2D eigenvalue weighted by molar-refractivity contribution is 0.0696. The van der Waals surface area contributed by atoms with Gasteiger partial charge in [0.25, 0.3) is 0 Å². The van der Waals surface area contributed by atoms with Crippen molar-refractivity contribution >= 4 is 5.97 Å². The maximum absolute atomic E-state index is 10.9. The number of carboxylic acids is 1. The molecule has 1 N–H and O–H groups in total. The Morgan fingerprint density at radius 1 is 1.42 bits per heavy atom. The van der Waals surface area contributed by atoms with E-state index in [1.807, 2.05) is 0 Å². The van der Waals surface area contributed by atoms with Crippen LogP contribution < -0.4 is 9.47 Å². The lowest BCUT2D eigenvalue weighted by atomic mass is 10.2. The highest BCUT2D eigenvalue weighted by molar-refractivity contribution is 5.88. The van der Waals surface area contributed by atoms with Gasteiger partial charge >= 0.3 is 5.97 Å². The number of ether oxygens (including phenoxy) is 2. The molecule has 0 aliphatic heterocycles. The molecule has 2 aromatic rings. The number of hydrogen-bond donors (Lipinski definition) is 1. The summed E-state index contributed by atoms with van der Waals surface area (Å²) >= 11 is 0. The van der Waals surface area contributed by atoms with Crippen molar-refractivity contribution in [1.29, 1.82) is 0 Å². The molecule has 19 heavy (non-hydrogen) atoms. The van der Waals surface area contributed by atoms with Crippen LogP contribution in [0.1, 0.15) is 16.2 Å². The molecule has 7 nitrogen and oxygen atoms in total. The molecular formula is C12H13N3O4. The molecule has 1 aromatic heterocycles. The summed E-state index contributed by atoms with van der Waals surface area (Å²) in [4.78, 5) is 14.9. The van der Waals surface area contributed by atoms with E-state index in [1.165, 1.54) is 25.6 Å². The van der Waals surface area contributed by atoms with Crippen LogP contribution in [-0.4, -0.2) is 33.0 Å². The summed E-state index contributed by atoms with van der Waals surface area (Å²) in [5.41, 5.74) is 0.133. The summed E-state index contributed by atoms with van der Waals surface area (Å²) in [6, 6.07) is 4.42. The van der Waals surface area contributed by atoms with Crippen LogP contribution in [-0.2, 0) is 13.7 Å². The van der Waals surface area contributed by atoms with Crippen molar-refractivity contribution in [3.05, 3.63) is 35.9 Å². The van der Waals surface area contributed by atoms with E-state index in [2.05, 4.69) is 10.1 Å². The maximum Gasteiger partial charge on any atom is 0.335 e. The SMILES string of the molecule is COc1ccc(C(=O)O)cc1OCc1ncnn1C. The van der Waals surface area contributed by atoms with E-state index in [-0.39, 0.29) is 12.2 Å². The predicted molar refractivity (Wildman–Crippen MR) is 65.3 cm³/mol. The normalized spacial score (nSPS) is 10.2. The Morgan fingerprint density at radius 3 is 2.79 bits per heavy atom. The smallest absolute Gasteiger partial charge is 0.335 e. The van der Waals surface area contributed by atoms with Crippen molar-refractivity contribution in [3.8, 4) is 11.5 Å². The molecule has 0 saturated carbocycles. The summed E-state index contributed by atoms with van der Waals surface area (Å²) in [7, 11) is 3.24. The van der Waals surface area contributed by atoms with E-state index in [1.54, 1.807) is 17.8 Å². The van der Waals surface area contributed by atoms with Crippen LogP contribution in [0.5, 0.6) is 11.5 Å². The highest BCUT2D eigenvalue weighted by atomic mass is 16.5. The van der Waals surface area contributed by atoms with E-state index in [4.69, 9.17) is 14.6 Å². The average molecular weight is 263 g/mol. The van der Waals surface area contributed by atoms with Gasteiger partial charge in [-0.05, 0) is 18.2 Å². The molecule has 7 heteroatoms. The number of hydrogen-bond acceptors (Lipinski definition) is 5. The Bertz CT molecular complexity index is 594. The third-order valence-electron chi connectivity index (χ3n) is 2.57. The van der Waals surface area contributed by atoms with Crippen LogP contribution in [0.3, 0.4) is 0 Å². The second-order valence-corrected chi connectivity index (χ2v) is 3.76. The number of nitrogens with zero attached hydrogens (tertiary/aromatic N) is 3. The molecule has 1 aromatic carbocycles. The minimum Gasteiger partial charge on any atom is -0.493 e. The highest BCUT2D eigenvalue weighted by Crippen LogP contribution is 2.28. The van der Waals surface area contributed by atoms with Gasteiger partial charge in [-0.2, -0.15) is 5.10 Å². The molecule has 0 unspecified atom stereocenters. The molecule has 0 saturated heterocycles. The monoisotopic (exact) mass is 263 g/mol. The van der Waals surface area contributed by atoms with E-state index in [9.17, 15) is 4.79 Å². The van der Waals surface area contributed by atoms with Gasteiger partial charge in [0.1, 0.15) is 12.9 Å². The van der Waals surface area contributed by atoms with Gasteiger partial charge in [-0.1, -0.05) is 0 Å². The first-order chi connectivity index (χ1) is 9.11. The van der Waals surface area contributed by atoms with Gasteiger partial charge in [0, 0.05) is 7.05 Å². The zero-order valence-corrected chi connectivity index (χ0v) is 10.5. The Balaban J connectivity index is 2.20. The number of benzene rings is 1. The zero-order valence-electron chi connectivity index (χ0n) is 10.5. The van der Waals surface area contributed by atoms with Gasteiger partial charge in [-0.15, -0.1) is 0 Å². The van der Waals surface area contributed by atoms with Crippen LogP contribution in [0.2, 0.25) is 0 Å². The Kier molecular flexibility index (Phi) is 3.65. The second-order valence-electron chi connectivity index (χ2n) is 3.76. The lowest BCUT2D eigenvalue weighted by Gasteiger charge is -2.10. The minimum absolute atomic E-state index is 0.133. The lowest BCUT2D eigenvalue weighted by Crippen LogP contribution is -2.06. The van der Waals surface area contributed by atoms with E-state index in [0.29, 0.717) is 17.3 Å². The first kappa shape index (κ1) is 12.9. The number of carboxylic acid groups (broad SMARTS) is 1. The van der Waals surface area contributed by atoms with Crippen LogP contribution in [0, 0.1) is 0 Å². The Hall–Kier alpha value is -2.57. The third kappa shape index (κ3) is 2.82. The maximum atomic E-state index is 10.9. The summed E-state index contributed by atoms with van der Waals surface area (Å²) < 4.78 is 12.2. The number of aryl methyl sites for hydroxylation is 1. The fourth-order valence-corrected chi connectivity index (χ4v) is 1.52. The standard InChI is InChI=1S/C12H13N3O4/c1-15-11(13-7-14-15)6-19-10-5-8(12(16)17)3-4-9(10)18-2/h3-5,7H,6H2,1-2H3,(H,16,17). The van der Waals surface area contributed by atoms with Crippen molar-refractivity contribution in [2.45, 2.75) is 6.61 Å². The number of methoxy groups -OCH3 is 1. The summed E-state index contributed by atoms with van der Waals surface area (Å²) in [5, 5.41) is 12.9. The number of aromatic carboxylic acids is 1. The van der Waals surface area contributed by atoms with Crippen molar-refractivity contribution in [1.82, 2.24) is 14.8 Å². The van der Waals surface area contributed by atoms with Crippen molar-refractivity contribution in [2.24, 2.45) is 7.05 Å². The van der Waals surface area contributed by atoms with E-state index in [0.717, 1.165) is 0 Å². The Morgan fingerprint density at radius 2 is 2.21 bits per heavy atom.